The Hall–Kier alpha value is -1.75. The van der Waals surface area contributed by atoms with Crippen molar-refractivity contribution in [1.82, 2.24) is 10.2 Å². The van der Waals surface area contributed by atoms with Gasteiger partial charge in [0.15, 0.2) is 0 Å². The van der Waals surface area contributed by atoms with E-state index in [0.717, 1.165) is 31.9 Å². The maximum absolute atomic E-state index is 12.3. The normalized spacial score (nSPS) is 15.7. The second-order valence-corrected chi connectivity index (χ2v) is 4.09. The zero-order valence-corrected chi connectivity index (χ0v) is 9.99. The smallest absolute Gasteiger partial charge is 0.256 e. The molecule has 5 heteroatoms. The molecule has 2 rings (SSSR count). The van der Waals surface area contributed by atoms with Gasteiger partial charge in [-0.2, -0.15) is 0 Å². The predicted molar refractivity (Wildman–Crippen MR) is 69.2 cm³/mol. The molecule has 1 amide bonds. The Morgan fingerprint density at radius 3 is 2.76 bits per heavy atom. The van der Waals surface area contributed by atoms with Crippen molar-refractivity contribution < 1.29 is 4.79 Å². The van der Waals surface area contributed by atoms with Crippen LogP contribution in [0.25, 0.3) is 0 Å². The molecule has 0 aromatic heterocycles. The van der Waals surface area contributed by atoms with Crippen LogP contribution in [0.5, 0.6) is 0 Å². The van der Waals surface area contributed by atoms with Gasteiger partial charge in [-0.3, -0.25) is 4.79 Å². The van der Waals surface area contributed by atoms with Gasteiger partial charge in [-0.15, -0.1) is 0 Å². The number of benzene rings is 1. The first kappa shape index (κ1) is 11.7. The molecule has 1 aromatic carbocycles. The maximum atomic E-state index is 12.3. The molecule has 1 aliphatic heterocycles. The average Bonchev–Trinajstić information content (AvgIpc) is 2.39. The van der Waals surface area contributed by atoms with Gasteiger partial charge in [0.05, 0.1) is 5.56 Å². The molecule has 5 nitrogen and oxygen atoms in total. The van der Waals surface area contributed by atoms with E-state index in [9.17, 15) is 4.79 Å². The number of nitrogens with two attached hydrogens (primary N) is 1. The zero-order chi connectivity index (χ0) is 12.3. The number of rotatable bonds is 2. The van der Waals surface area contributed by atoms with Crippen molar-refractivity contribution in [3.05, 3.63) is 23.8 Å². The standard InChI is InChI=1S/C12H18N4O/c1-14-9-2-3-11(13)10(8-9)12(17)16-6-4-15-5-7-16/h2-3,8,14-15H,4-7,13H2,1H3. The Kier molecular flexibility index (Phi) is 3.49. The van der Waals surface area contributed by atoms with Crippen LogP contribution in [0.4, 0.5) is 11.4 Å². The van der Waals surface area contributed by atoms with Crippen LogP contribution in [-0.4, -0.2) is 44.0 Å². The summed E-state index contributed by atoms with van der Waals surface area (Å²) in [7, 11) is 1.82. The van der Waals surface area contributed by atoms with Gasteiger partial charge in [-0.25, -0.2) is 0 Å². The molecule has 1 aliphatic rings. The van der Waals surface area contributed by atoms with E-state index in [4.69, 9.17) is 5.73 Å². The largest absolute Gasteiger partial charge is 0.398 e. The van der Waals surface area contributed by atoms with E-state index in [1.807, 2.05) is 18.0 Å². The molecule has 1 saturated heterocycles. The summed E-state index contributed by atoms with van der Waals surface area (Å²) in [6.45, 7) is 3.17. The van der Waals surface area contributed by atoms with E-state index in [1.54, 1.807) is 12.1 Å². The first-order valence-electron chi connectivity index (χ1n) is 5.79. The third-order valence-corrected chi connectivity index (χ3v) is 2.98. The van der Waals surface area contributed by atoms with Crippen LogP contribution in [0.2, 0.25) is 0 Å². The molecule has 1 heterocycles. The van der Waals surface area contributed by atoms with Crippen molar-refractivity contribution >= 4 is 17.3 Å². The Labute approximate surface area is 101 Å². The lowest BCUT2D eigenvalue weighted by atomic mass is 10.1. The predicted octanol–water partition coefficient (Wildman–Crippen LogP) is 0.356. The lowest BCUT2D eigenvalue weighted by molar-refractivity contribution is 0.0737. The molecule has 0 atom stereocenters. The summed E-state index contributed by atoms with van der Waals surface area (Å²) < 4.78 is 0. The molecule has 92 valence electrons. The molecule has 17 heavy (non-hydrogen) atoms. The molecule has 0 aliphatic carbocycles. The molecule has 0 radical (unpaired) electrons. The first-order valence-corrected chi connectivity index (χ1v) is 5.79. The molecular formula is C12H18N4O. The number of amides is 1. The van der Waals surface area contributed by atoms with Crippen molar-refractivity contribution in [2.24, 2.45) is 0 Å². The fraction of sp³-hybridized carbons (Fsp3) is 0.417. The highest BCUT2D eigenvalue weighted by molar-refractivity contribution is 6.00. The number of anilines is 2. The summed E-state index contributed by atoms with van der Waals surface area (Å²) >= 11 is 0. The van der Waals surface area contributed by atoms with Crippen LogP contribution >= 0.6 is 0 Å². The summed E-state index contributed by atoms with van der Waals surface area (Å²) in [5.41, 5.74) is 7.88. The lowest BCUT2D eigenvalue weighted by Crippen LogP contribution is -2.46. The topological polar surface area (TPSA) is 70.4 Å². The van der Waals surface area contributed by atoms with Crippen molar-refractivity contribution in [1.29, 1.82) is 0 Å². The Balaban J connectivity index is 2.22. The summed E-state index contributed by atoms with van der Waals surface area (Å²) in [5, 5.41) is 6.23. The van der Waals surface area contributed by atoms with Gasteiger partial charge < -0.3 is 21.3 Å². The van der Waals surface area contributed by atoms with Gasteiger partial charge in [-0.1, -0.05) is 0 Å². The molecule has 0 unspecified atom stereocenters. The van der Waals surface area contributed by atoms with E-state index >= 15 is 0 Å². The van der Waals surface area contributed by atoms with Gasteiger partial charge >= 0.3 is 0 Å². The molecule has 1 fully saturated rings. The number of nitrogens with zero attached hydrogens (tertiary/aromatic N) is 1. The molecule has 0 bridgehead atoms. The zero-order valence-electron chi connectivity index (χ0n) is 9.99. The van der Waals surface area contributed by atoms with E-state index in [2.05, 4.69) is 10.6 Å². The van der Waals surface area contributed by atoms with Crippen LogP contribution in [0.3, 0.4) is 0 Å². The minimum absolute atomic E-state index is 0.0149. The second kappa shape index (κ2) is 5.05. The number of hydrogen-bond acceptors (Lipinski definition) is 4. The van der Waals surface area contributed by atoms with Gasteiger partial charge in [-0.05, 0) is 18.2 Å². The highest BCUT2D eigenvalue weighted by Crippen LogP contribution is 2.19. The highest BCUT2D eigenvalue weighted by Gasteiger charge is 2.19. The number of nitrogen functional groups attached to an aromatic ring is 1. The Bertz CT molecular complexity index is 413. The molecule has 0 spiro atoms. The summed E-state index contributed by atoms with van der Waals surface area (Å²) in [4.78, 5) is 14.1. The van der Waals surface area contributed by atoms with Crippen LogP contribution in [0, 0.1) is 0 Å². The fourth-order valence-corrected chi connectivity index (χ4v) is 1.94. The molecule has 0 saturated carbocycles. The van der Waals surface area contributed by atoms with Crippen LogP contribution in [0.1, 0.15) is 10.4 Å². The van der Waals surface area contributed by atoms with Crippen molar-refractivity contribution in [2.45, 2.75) is 0 Å². The number of hydrogen-bond donors (Lipinski definition) is 3. The number of carbonyl (C=O) groups excluding carboxylic acids is 1. The number of carbonyl (C=O) groups is 1. The third kappa shape index (κ3) is 2.50. The van der Waals surface area contributed by atoms with Crippen molar-refractivity contribution in [2.75, 3.05) is 44.3 Å². The minimum atomic E-state index is 0.0149. The van der Waals surface area contributed by atoms with E-state index < -0.39 is 0 Å². The highest BCUT2D eigenvalue weighted by atomic mass is 16.2. The quantitative estimate of drug-likeness (QED) is 0.646. The summed E-state index contributed by atoms with van der Waals surface area (Å²) in [6, 6.07) is 5.44. The fourth-order valence-electron chi connectivity index (χ4n) is 1.94. The Morgan fingerprint density at radius 2 is 2.12 bits per heavy atom. The van der Waals surface area contributed by atoms with Crippen LogP contribution in [-0.2, 0) is 0 Å². The Morgan fingerprint density at radius 1 is 1.41 bits per heavy atom. The van der Waals surface area contributed by atoms with Gasteiger partial charge in [0.25, 0.3) is 5.91 Å². The molecule has 1 aromatic rings. The lowest BCUT2D eigenvalue weighted by Gasteiger charge is -2.28. The minimum Gasteiger partial charge on any atom is -0.398 e. The van der Waals surface area contributed by atoms with Crippen LogP contribution < -0.4 is 16.4 Å². The SMILES string of the molecule is CNc1ccc(N)c(C(=O)N2CCNCC2)c1. The van der Waals surface area contributed by atoms with Gasteiger partial charge in [0.1, 0.15) is 0 Å². The molecule has 4 N–H and O–H groups in total. The summed E-state index contributed by atoms with van der Waals surface area (Å²) in [5.74, 6) is 0.0149. The van der Waals surface area contributed by atoms with E-state index in [1.165, 1.54) is 0 Å². The van der Waals surface area contributed by atoms with E-state index in [0.29, 0.717) is 11.3 Å². The van der Waals surface area contributed by atoms with E-state index in [-0.39, 0.29) is 5.91 Å². The van der Waals surface area contributed by atoms with Gasteiger partial charge in [0, 0.05) is 44.6 Å². The monoisotopic (exact) mass is 234 g/mol. The van der Waals surface area contributed by atoms with Crippen LogP contribution in [0.15, 0.2) is 18.2 Å². The number of piperazine rings is 1. The first-order chi connectivity index (χ1) is 8.22. The third-order valence-electron chi connectivity index (χ3n) is 2.98. The number of nitrogens with one attached hydrogen (secondary N) is 2. The van der Waals surface area contributed by atoms with Crippen molar-refractivity contribution in [3.8, 4) is 0 Å². The van der Waals surface area contributed by atoms with Gasteiger partial charge in [0.2, 0.25) is 0 Å². The summed E-state index contributed by atoms with van der Waals surface area (Å²) in [6.07, 6.45) is 0. The van der Waals surface area contributed by atoms with Crippen molar-refractivity contribution in [3.63, 3.8) is 0 Å². The average molecular weight is 234 g/mol. The molecular weight excluding hydrogens is 216 g/mol. The second-order valence-electron chi connectivity index (χ2n) is 4.09. The maximum Gasteiger partial charge on any atom is 0.256 e.